The smallest absolute Gasteiger partial charge is 0.277 e. The average Bonchev–Trinajstić information content (AvgIpc) is 2.45. The molecule has 0 saturated heterocycles. The van der Waals surface area contributed by atoms with E-state index in [-0.39, 0.29) is 11.9 Å². The molecule has 2 aromatic rings. The minimum atomic E-state index is -0.0449. The topological polar surface area (TPSA) is 33.5 Å². The summed E-state index contributed by atoms with van der Waals surface area (Å²) in [6.07, 6.45) is 0. The van der Waals surface area contributed by atoms with Gasteiger partial charge >= 0.3 is 0 Å². The minimum Gasteiger partial charge on any atom is -0.354 e. The summed E-state index contributed by atoms with van der Waals surface area (Å²) in [7, 11) is 3.73. The van der Waals surface area contributed by atoms with Crippen molar-refractivity contribution in [2.75, 3.05) is 14.1 Å². The Bertz CT molecular complexity index is 580. The summed E-state index contributed by atoms with van der Waals surface area (Å²) in [6.45, 7) is 2.80. The van der Waals surface area contributed by atoms with Crippen molar-refractivity contribution in [3.05, 3.63) is 48.0 Å². The third-order valence-electron chi connectivity index (χ3n) is 3.68. The summed E-state index contributed by atoms with van der Waals surface area (Å²) in [6, 6.07) is 14.8. The molecular formula is C16H21N2O+. The second-order valence-electron chi connectivity index (χ2n) is 5.04. The molecule has 0 aliphatic carbocycles. The molecule has 0 saturated carbocycles. The maximum atomic E-state index is 11.6. The van der Waals surface area contributed by atoms with E-state index >= 15 is 0 Å². The predicted molar refractivity (Wildman–Crippen MR) is 78.1 cm³/mol. The second-order valence-corrected chi connectivity index (χ2v) is 5.04. The molecule has 0 fully saturated rings. The van der Waals surface area contributed by atoms with E-state index in [9.17, 15) is 4.79 Å². The van der Waals surface area contributed by atoms with E-state index in [0.29, 0.717) is 0 Å². The Morgan fingerprint density at radius 1 is 1.21 bits per heavy atom. The lowest BCUT2D eigenvalue weighted by Crippen LogP contribution is -3.12. The Morgan fingerprint density at radius 2 is 1.89 bits per heavy atom. The van der Waals surface area contributed by atoms with E-state index in [1.165, 1.54) is 21.2 Å². The van der Waals surface area contributed by atoms with Crippen LogP contribution in [0.25, 0.3) is 10.8 Å². The number of nitrogens with one attached hydrogen (secondary N) is 2. The van der Waals surface area contributed by atoms with Crippen molar-refractivity contribution < 1.29 is 9.69 Å². The van der Waals surface area contributed by atoms with Gasteiger partial charge in [0, 0.05) is 12.6 Å². The van der Waals surface area contributed by atoms with Gasteiger partial charge in [-0.1, -0.05) is 36.4 Å². The maximum absolute atomic E-state index is 11.6. The summed E-state index contributed by atoms with van der Waals surface area (Å²) >= 11 is 0. The third-order valence-corrected chi connectivity index (χ3v) is 3.68. The molecule has 0 spiro atoms. The zero-order valence-electron chi connectivity index (χ0n) is 11.7. The van der Waals surface area contributed by atoms with Crippen molar-refractivity contribution >= 4 is 16.7 Å². The summed E-state index contributed by atoms with van der Waals surface area (Å²) in [5, 5.41) is 5.20. The van der Waals surface area contributed by atoms with Gasteiger partial charge in [-0.05, 0) is 23.8 Å². The van der Waals surface area contributed by atoms with Gasteiger partial charge in [-0.25, -0.2) is 0 Å². The molecule has 100 valence electrons. The number of fused-ring (bicyclic) bond motifs is 1. The van der Waals surface area contributed by atoms with E-state index in [2.05, 4.69) is 48.8 Å². The van der Waals surface area contributed by atoms with Crippen LogP contribution >= 0.6 is 0 Å². The van der Waals surface area contributed by atoms with Crippen LogP contribution in [-0.2, 0) is 11.3 Å². The fraction of sp³-hybridized carbons (Fsp3) is 0.312. The predicted octanol–water partition coefficient (Wildman–Crippen LogP) is 0.989. The number of quaternary nitrogens is 1. The van der Waals surface area contributed by atoms with Crippen molar-refractivity contribution in [2.24, 2.45) is 0 Å². The molecule has 0 aliphatic rings. The van der Waals surface area contributed by atoms with Crippen LogP contribution in [0.3, 0.4) is 0 Å². The van der Waals surface area contributed by atoms with Crippen LogP contribution in [0.4, 0.5) is 0 Å². The number of amides is 1. The van der Waals surface area contributed by atoms with Crippen LogP contribution in [0.5, 0.6) is 0 Å². The number of hydrogen-bond acceptors (Lipinski definition) is 1. The highest BCUT2D eigenvalue weighted by Gasteiger charge is 2.20. The molecule has 2 aromatic carbocycles. The lowest BCUT2D eigenvalue weighted by Gasteiger charge is -2.20. The average molecular weight is 257 g/mol. The van der Waals surface area contributed by atoms with Crippen molar-refractivity contribution in [1.29, 1.82) is 0 Å². The molecule has 0 radical (unpaired) electrons. The van der Waals surface area contributed by atoms with Gasteiger partial charge in [0.2, 0.25) is 0 Å². The van der Waals surface area contributed by atoms with Gasteiger partial charge in [0.1, 0.15) is 6.54 Å². The van der Waals surface area contributed by atoms with Gasteiger partial charge in [0.25, 0.3) is 5.91 Å². The fourth-order valence-corrected chi connectivity index (χ4v) is 2.26. The molecular weight excluding hydrogens is 236 g/mol. The summed E-state index contributed by atoms with van der Waals surface area (Å²) in [5.41, 5.74) is 1.26. The van der Waals surface area contributed by atoms with Crippen LogP contribution in [0.2, 0.25) is 0 Å². The largest absolute Gasteiger partial charge is 0.354 e. The normalized spacial score (nSPS) is 14.1. The van der Waals surface area contributed by atoms with Crippen LogP contribution in [-0.4, -0.2) is 26.0 Å². The molecule has 0 aromatic heterocycles. The Morgan fingerprint density at radius 3 is 2.58 bits per heavy atom. The third kappa shape index (κ3) is 3.12. The van der Waals surface area contributed by atoms with Crippen LogP contribution in [0, 0.1) is 0 Å². The molecule has 1 unspecified atom stereocenters. The first-order chi connectivity index (χ1) is 9.11. The Hall–Kier alpha value is -1.87. The summed E-state index contributed by atoms with van der Waals surface area (Å²) < 4.78 is 0. The molecule has 3 heteroatoms. The van der Waals surface area contributed by atoms with Gasteiger partial charge < -0.3 is 10.2 Å². The lowest BCUT2D eigenvalue weighted by molar-refractivity contribution is -0.908. The standard InChI is InChI=1S/C16H20N2O/c1-12(16(19)17-2)18(3)11-13-8-9-14-6-4-5-7-15(14)10-13/h4-10,12H,11H2,1-3H3,(H,17,19)/p+1/t12-/m1/s1. The molecule has 2 N–H and O–H groups in total. The molecule has 2 atom stereocenters. The van der Waals surface area contributed by atoms with E-state index in [4.69, 9.17) is 0 Å². The monoisotopic (exact) mass is 257 g/mol. The molecule has 19 heavy (non-hydrogen) atoms. The minimum absolute atomic E-state index is 0.0449. The van der Waals surface area contributed by atoms with E-state index in [1.54, 1.807) is 7.05 Å². The molecule has 2 rings (SSSR count). The second kappa shape index (κ2) is 5.85. The van der Waals surface area contributed by atoms with Gasteiger partial charge in [0.15, 0.2) is 6.04 Å². The van der Waals surface area contributed by atoms with Crippen molar-refractivity contribution in [3.63, 3.8) is 0 Å². The quantitative estimate of drug-likeness (QED) is 0.841. The Balaban J connectivity index is 2.14. The number of likely N-dealkylation sites (N-methyl/N-ethyl adjacent to an activating group) is 2. The van der Waals surface area contributed by atoms with Crippen LogP contribution < -0.4 is 10.2 Å². The summed E-state index contributed by atoms with van der Waals surface area (Å²) in [5.74, 6) is 0.0817. The first-order valence-corrected chi connectivity index (χ1v) is 6.63. The first-order valence-electron chi connectivity index (χ1n) is 6.63. The van der Waals surface area contributed by atoms with E-state index < -0.39 is 0 Å². The van der Waals surface area contributed by atoms with E-state index in [1.807, 2.05) is 13.0 Å². The maximum Gasteiger partial charge on any atom is 0.277 e. The van der Waals surface area contributed by atoms with Crippen molar-refractivity contribution in [3.8, 4) is 0 Å². The number of carbonyl (C=O) groups excluding carboxylic acids is 1. The highest BCUT2D eigenvalue weighted by Crippen LogP contribution is 2.14. The molecule has 3 nitrogen and oxygen atoms in total. The van der Waals surface area contributed by atoms with Gasteiger partial charge in [-0.2, -0.15) is 0 Å². The van der Waals surface area contributed by atoms with Gasteiger partial charge in [-0.15, -0.1) is 0 Å². The molecule has 0 bridgehead atoms. The van der Waals surface area contributed by atoms with Gasteiger partial charge in [0.05, 0.1) is 7.05 Å². The molecule has 0 aliphatic heterocycles. The Kier molecular flexibility index (Phi) is 4.17. The van der Waals surface area contributed by atoms with E-state index in [0.717, 1.165) is 6.54 Å². The lowest BCUT2D eigenvalue weighted by atomic mass is 10.1. The Labute approximate surface area is 114 Å². The zero-order valence-corrected chi connectivity index (χ0v) is 11.7. The highest BCUT2D eigenvalue weighted by atomic mass is 16.2. The number of rotatable bonds is 4. The summed E-state index contributed by atoms with van der Waals surface area (Å²) in [4.78, 5) is 12.8. The molecule has 0 heterocycles. The SMILES string of the molecule is CNC(=O)[C@@H](C)[NH+](C)Cc1ccc2ccccc2c1. The highest BCUT2D eigenvalue weighted by molar-refractivity contribution is 5.83. The van der Waals surface area contributed by atoms with Crippen molar-refractivity contribution in [2.45, 2.75) is 19.5 Å². The zero-order chi connectivity index (χ0) is 13.8. The number of hydrogen-bond donors (Lipinski definition) is 2. The number of benzene rings is 2. The fourth-order valence-electron chi connectivity index (χ4n) is 2.26. The van der Waals surface area contributed by atoms with Crippen LogP contribution in [0.15, 0.2) is 42.5 Å². The van der Waals surface area contributed by atoms with Gasteiger partial charge in [-0.3, -0.25) is 4.79 Å². The molecule has 1 amide bonds. The first kappa shape index (κ1) is 13.6. The number of carbonyl (C=O) groups is 1. The van der Waals surface area contributed by atoms with Crippen LogP contribution in [0.1, 0.15) is 12.5 Å². The van der Waals surface area contributed by atoms with Crippen molar-refractivity contribution in [1.82, 2.24) is 5.32 Å².